The van der Waals surface area contributed by atoms with Gasteiger partial charge in [0.2, 0.25) is 10.0 Å². The normalized spacial score (nSPS) is 11.4. The van der Waals surface area contributed by atoms with Crippen molar-refractivity contribution in [2.24, 2.45) is 0 Å². The topological polar surface area (TPSA) is 70.4 Å². The van der Waals surface area contributed by atoms with Gasteiger partial charge in [-0.2, -0.15) is 0 Å². The Morgan fingerprint density at radius 2 is 2.00 bits per heavy atom. The van der Waals surface area contributed by atoms with Gasteiger partial charge >= 0.3 is 0 Å². The second-order valence-corrected chi connectivity index (χ2v) is 7.09. The smallest absolute Gasteiger partial charge is 0.237 e. The van der Waals surface area contributed by atoms with Crippen molar-refractivity contribution in [3.05, 3.63) is 30.6 Å². The number of aromatic nitrogens is 2. The zero-order valence-corrected chi connectivity index (χ0v) is 14.5. The van der Waals surface area contributed by atoms with Gasteiger partial charge in [0.1, 0.15) is 0 Å². The van der Waals surface area contributed by atoms with Crippen molar-refractivity contribution in [2.45, 2.75) is 26.2 Å². The molecule has 1 aromatic carbocycles. The zero-order chi connectivity index (χ0) is 16.9. The number of hydrogen-bond donors (Lipinski definition) is 0. The van der Waals surface area contributed by atoms with Gasteiger partial charge < -0.3 is 9.47 Å². The van der Waals surface area contributed by atoms with Crippen LogP contribution in [0.15, 0.2) is 30.6 Å². The van der Waals surface area contributed by atoms with E-state index in [1.54, 1.807) is 25.3 Å². The van der Waals surface area contributed by atoms with Crippen LogP contribution in [0.1, 0.15) is 26.2 Å². The Bertz CT molecular complexity index is 753. The van der Waals surface area contributed by atoms with Gasteiger partial charge in [-0.15, -0.1) is 0 Å². The molecule has 0 N–H and O–H groups in total. The Hall–Kier alpha value is -2.02. The molecule has 126 valence electrons. The number of unbranched alkanes of at least 4 members (excludes halogenated alkanes) is 2. The quantitative estimate of drug-likeness (QED) is 0.692. The van der Waals surface area contributed by atoms with Crippen molar-refractivity contribution in [3.63, 3.8) is 0 Å². The summed E-state index contributed by atoms with van der Waals surface area (Å²) < 4.78 is 35.8. The van der Waals surface area contributed by atoms with Crippen LogP contribution in [0, 0.1) is 0 Å². The van der Waals surface area contributed by atoms with Crippen LogP contribution in [0.2, 0.25) is 0 Å². The summed E-state index contributed by atoms with van der Waals surface area (Å²) in [6.07, 6.45) is 7.25. The number of hydrogen-bond acceptors (Lipinski definition) is 5. The summed E-state index contributed by atoms with van der Waals surface area (Å²) >= 11 is 0. The van der Waals surface area contributed by atoms with Crippen molar-refractivity contribution in [1.82, 2.24) is 8.96 Å². The molecule has 1 aromatic heterocycles. The molecule has 0 aliphatic heterocycles. The first-order chi connectivity index (χ1) is 11.0. The number of ether oxygens (including phenoxy) is 2. The van der Waals surface area contributed by atoms with Crippen LogP contribution < -0.4 is 9.47 Å². The fourth-order valence-corrected chi connectivity index (χ4v) is 2.96. The Morgan fingerprint density at radius 1 is 1.22 bits per heavy atom. The highest BCUT2D eigenvalue weighted by molar-refractivity contribution is 7.89. The van der Waals surface area contributed by atoms with Crippen LogP contribution in [0.25, 0.3) is 11.4 Å². The molecule has 6 nitrogen and oxygen atoms in total. The summed E-state index contributed by atoms with van der Waals surface area (Å²) in [4.78, 5) is 4.13. The van der Waals surface area contributed by atoms with Crippen LogP contribution in [-0.2, 0) is 10.0 Å². The van der Waals surface area contributed by atoms with Crippen LogP contribution in [-0.4, -0.2) is 37.3 Å². The van der Waals surface area contributed by atoms with E-state index >= 15 is 0 Å². The maximum absolute atomic E-state index is 11.8. The molecule has 0 atom stereocenters. The Labute approximate surface area is 137 Å². The van der Waals surface area contributed by atoms with E-state index in [9.17, 15) is 8.42 Å². The number of rotatable bonds is 8. The highest BCUT2D eigenvalue weighted by Crippen LogP contribution is 2.32. The summed E-state index contributed by atoms with van der Waals surface area (Å²) in [5.41, 5.74) is 0.651. The van der Waals surface area contributed by atoms with Gasteiger partial charge in [0.25, 0.3) is 0 Å². The summed E-state index contributed by atoms with van der Waals surface area (Å²) in [6.45, 7) is 2.76. The summed E-state index contributed by atoms with van der Waals surface area (Å²) in [5, 5.41) is 0. The minimum atomic E-state index is -3.41. The van der Waals surface area contributed by atoms with E-state index in [0.29, 0.717) is 29.5 Å². The SMILES string of the molecule is CCCCCOc1ccc(-c2nccn2S(C)(=O)=O)cc1OC. The third kappa shape index (κ3) is 4.25. The van der Waals surface area contributed by atoms with E-state index in [1.165, 1.54) is 12.4 Å². The van der Waals surface area contributed by atoms with E-state index in [1.807, 2.05) is 0 Å². The van der Waals surface area contributed by atoms with Gasteiger partial charge in [-0.1, -0.05) is 19.8 Å². The largest absolute Gasteiger partial charge is 0.493 e. The highest BCUT2D eigenvalue weighted by Gasteiger charge is 2.15. The molecule has 0 aliphatic carbocycles. The van der Waals surface area contributed by atoms with Gasteiger partial charge in [0.05, 0.1) is 20.0 Å². The molecule has 1 heterocycles. The molecule has 0 spiro atoms. The van der Waals surface area contributed by atoms with E-state index in [-0.39, 0.29) is 0 Å². The first-order valence-corrected chi connectivity index (χ1v) is 9.37. The maximum atomic E-state index is 11.8. The first kappa shape index (κ1) is 17.3. The van der Waals surface area contributed by atoms with Gasteiger partial charge in [0.15, 0.2) is 17.3 Å². The lowest BCUT2D eigenvalue weighted by atomic mass is 10.2. The number of imidazole rings is 1. The summed E-state index contributed by atoms with van der Waals surface area (Å²) in [5.74, 6) is 1.55. The molecule has 0 amide bonds. The third-order valence-electron chi connectivity index (χ3n) is 3.39. The lowest BCUT2D eigenvalue weighted by molar-refractivity contribution is 0.286. The highest BCUT2D eigenvalue weighted by atomic mass is 32.2. The number of benzene rings is 1. The summed E-state index contributed by atoms with van der Waals surface area (Å²) in [7, 11) is -1.85. The molecule has 7 heteroatoms. The van der Waals surface area contributed by atoms with Crippen molar-refractivity contribution in [1.29, 1.82) is 0 Å². The number of methoxy groups -OCH3 is 1. The van der Waals surface area contributed by atoms with Crippen molar-refractivity contribution < 1.29 is 17.9 Å². The molecule has 0 fully saturated rings. The Kier molecular flexibility index (Phi) is 5.65. The van der Waals surface area contributed by atoms with Crippen LogP contribution >= 0.6 is 0 Å². The van der Waals surface area contributed by atoms with Gasteiger partial charge in [-0.25, -0.2) is 17.4 Å². The zero-order valence-electron chi connectivity index (χ0n) is 13.7. The monoisotopic (exact) mass is 338 g/mol. The minimum Gasteiger partial charge on any atom is -0.493 e. The summed E-state index contributed by atoms with van der Waals surface area (Å²) in [6, 6.07) is 5.29. The molecule has 2 aromatic rings. The first-order valence-electron chi connectivity index (χ1n) is 7.52. The molecule has 0 bridgehead atoms. The lowest BCUT2D eigenvalue weighted by Crippen LogP contribution is -2.10. The minimum absolute atomic E-state index is 0.350. The predicted molar refractivity (Wildman–Crippen MR) is 89.5 cm³/mol. The Morgan fingerprint density at radius 3 is 2.65 bits per heavy atom. The maximum Gasteiger partial charge on any atom is 0.237 e. The van der Waals surface area contributed by atoms with E-state index in [4.69, 9.17) is 9.47 Å². The van der Waals surface area contributed by atoms with Crippen molar-refractivity contribution >= 4 is 10.0 Å². The fraction of sp³-hybridized carbons (Fsp3) is 0.438. The molecule has 0 unspecified atom stereocenters. The average Bonchev–Trinajstić information content (AvgIpc) is 3.01. The van der Waals surface area contributed by atoms with Gasteiger partial charge in [0, 0.05) is 18.0 Å². The lowest BCUT2D eigenvalue weighted by Gasteiger charge is -2.12. The molecular formula is C16H22N2O4S. The molecule has 0 radical (unpaired) electrons. The number of nitrogens with zero attached hydrogens (tertiary/aromatic N) is 2. The second-order valence-electron chi connectivity index (χ2n) is 5.23. The van der Waals surface area contributed by atoms with Crippen molar-refractivity contribution in [3.8, 4) is 22.9 Å². The van der Waals surface area contributed by atoms with Crippen molar-refractivity contribution in [2.75, 3.05) is 20.0 Å². The molecule has 2 rings (SSSR count). The van der Waals surface area contributed by atoms with E-state index in [2.05, 4.69) is 11.9 Å². The standard InChI is InChI=1S/C16H22N2O4S/c1-4-5-6-11-22-14-8-7-13(12-15(14)21-2)16-17-9-10-18(16)23(3,19)20/h7-10,12H,4-6,11H2,1-3H3. The molecule has 0 aliphatic rings. The van der Waals surface area contributed by atoms with Gasteiger partial charge in [-0.3, -0.25) is 0 Å². The van der Waals surface area contributed by atoms with Crippen LogP contribution in [0.3, 0.4) is 0 Å². The van der Waals surface area contributed by atoms with Gasteiger partial charge in [-0.05, 0) is 24.6 Å². The molecule has 0 saturated heterocycles. The molecule has 23 heavy (non-hydrogen) atoms. The fourth-order valence-electron chi connectivity index (χ4n) is 2.22. The molecule has 0 saturated carbocycles. The molecular weight excluding hydrogens is 316 g/mol. The van der Waals surface area contributed by atoms with E-state index in [0.717, 1.165) is 29.5 Å². The third-order valence-corrected chi connectivity index (χ3v) is 4.40. The Balaban J connectivity index is 2.27. The second kappa shape index (κ2) is 7.50. The van der Waals surface area contributed by atoms with Crippen LogP contribution in [0.4, 0.5) is 0 Å². The van der Waals surface area contributed by atoms with Crippen LogP contribution in [0.5, 0.6) is 11.5 Å². The van der Waals surface area contributed by atoms with E-state index < -0.39 is 10.0 Å². The predicted octanol–water partition coefficient (Wildman–Crippen LogP) is 2.94. The average molecular weight is 338 g/mol.